The Labute approximate surface area is 290 Å². The zero-order valence-electron chi connectivity index (χ0n) is 29.3. The van der Waals surface area contributed by atoms with Crippen LogP contribution in [-0.2, 0) is 18.3 Å². The number of hydrogen-bond acceptors (Lipinski definition) is 11. The third-order valence-corrected chi connectivity index (χ3v) is 12.8. The van der Waals surface area contributed by atoms with Gasteiger partial charge < -0.3 is 20.1 Å². The van der Waals surface area contributed by atoms with Crippen molar-refractivity contribution in [2.45, 2.75) is 110 Å². The van der Waals surface area contributed by atoms with Gasteiger partial charge in [-0.2, -0.15) is 15.5 Å². The third kappa shape index (κ3) is 4.74. The van der Waals surface area contributed by atoms with Gasteiger partial charge in [0.2, 0.25) is 0 Å². The van der Waals surface area contributed by atoms with Crippen molar-refractivity contribution >= 4 is 33.2 Å². The molecule has 256 valence electrons. The van der Waals surface area contributed by atoms with Crippen LogP contribution in [0.5, 0.6) is 0 Å². The van der Waals surface area contributed by atoms with Crippen molar-refractivity contribution in [2.24, 2.45) is 0 Å². The van der Waals surface area contributed by atoms with Crippen molar-refractivity contribution in [3.05, 3.63) is 50.5 Å². The zero-order valence-corrected chi connectivity index (χ0v) is 30.1. The SMILES string of the molecule is CCN(c1nc(-c2noc3c2CCCC32CCCc3sc(N)c(C#N)c32)nc2c1cnn2C(C)C1CCCN1C)C(C)c1c(C)n[nH]c1C. The topological polar surface area (TPSA) is 155 Å². The van der Waals surface area contributed by atoms with Gasteiger partial charge >= 0.3 is 0 Å². The first-order valence-corrected chi connectivity index (χ1v) is 18.5. The van der Waals surface area contributed by atoms with E-state index in [1.54, 1.807) is 11.3 Å². The Balaban J connectivity index is 1.32. The third-order valence-electron chi connectivity index (χ3n) is 11.7. The zero-order chi connectivity index (χ0) is 34.2. The Morgan fingerprint density at radius 1 is 1.20 bits per heavy atom. The van der Waals surface area contributed by atoms with E-state index in [2.05, 4.69) is 72.4 Å². The van der Waals surface area contributed by atoms with Crippen LogP contribution in [0.2, 0.25) is 0 Å². The number of hydrogen-bond donors (Lipinski definition) is 2. The average molecular weight is 680 g/mol. The first-order chi connectivity index (χ1) is 23.7. The maximum Gasteiger partial charge on any atom is 0.186 e. The minimum atomic E-state index is -0.415. The van der Waals surface area contributed by atoms with Gasteiger partial charge in [-0.3, -0.25) is 5.10 Å². The predicted molar refractivity (Wildman–Crippen MR) is 191 cm³/mol. The smallest absolute Gasteiger partial charge is 0.186 e. The molecule has 0 aromatic carbocycles. The van der Waals surface area contributed by atoms with Crippen LogP contribution in [0, 0.1) is 25.2 Å². The van der Waals surface area contributed by atoms with Crippen LogP contribution in [-0.4, -0.2) is 66.2 Å². The molecule has 0 saturated carbocycles. The fourth-order valence-electron chi connectivity index (χ4n) is 9.40. The van der Waals surface area contributed by atoms with Crippen LogP contribution in [0.25, 0.3) is 22.6 Å². The number of likely N-dealkylation sites (tertiary alicyclic amines) is 1. The summed E-state index contributed by atoms with van der Waals surface area (Å²) in [4.78, 5) is 16.6. The number of H-pyrrole nitrogens is 1. The molecule has 1 spiro atoms. The molecule has 5 aromatic rings. The molecule has 1 saturated heterocycles. The van der Waals surface area contributed by atoms with E-state index in [1.807, 2.05) is 6.20 Å². The lowest BCUT2D eigenvalue weighted by molar-refractivity contribution is 0.232. The largest absolute Gasteiger partial charge is 0.389 e. The number of nitrogens with two attached hydrogens (primary N) is 1. The summed E-state index contributed by atoms with van der Waals surface area (Å²) in [5.41, 5.74) is 13.4. The van der Waals surface area contributed by atoms with Crippen molar-refractivity contribution in [2.75, 3.05) is 30.8 Å². The Morgan fingerprint density at radius 2 is 2.00 bits per heavy atom. The molecule has 8 rings (SSSR count). The number of aromatic amines is 1. The fraction of sp³-hybridized carbons (Fsp3) is 0.556. The molecular weight excluding hydrogens is 635 g/mol. The molecule has 0 radical (unpaired) electrons. The van der Waals surface area contributed by atoms with Crippen LogP contribution in [0.4, 0.5) is 10.8 Å². The Morgan fingerprint density at radius 3 is 2.69 bits per heavy atom. The Bertz CT molecular complexity index is 2080. The maximum atomic E-state index is 10.2. The molecule has 12 nitrogen and oxygen atoms in total. The summed E-state index contributed by atoms with van der Waals surface area (Å²) in [6.45, 7) is 12.6. The van der Waals surface area contributed by atoms with Gasteiger partial charge in [-0.1, -0.05) is 5.16 Å². The van der Waals surface area contributed by atoms with E-state index < -0.39 is 5.41 Å². The van der Waals surface area contributed by atoms with Crippen molar-refractivity contribution in [3.63, 3.8) is 0 Å². The van der Waals surface area contributed by atoms with Gasteiger partial charge in [-0.15, -0.1) is 11.3 Å². The quantitative estimate of drug-likeness (QED) is 0.194. The molecule has 1 aliphatic heterocycles. The molecule has 6 heterocycles. The van der Waals surface area contributed by atoms with Gasteiger partial charge in [-0.05, 0) is 105 Å². The number of nitriles is 1. The van der Waals surface area contributed by atoms with Crippen LogP contribution in [0.1, 0.15) is 116 Å². The predicted octanol–water partition coefficient (Wildman–Crippen LogP) is 6.54. The highest BCUT2D eigenvalue weighted by atomic mass is 32.1. The number of rotatable bonds is 7. The number of nitrogens with one attached hydrogen (secondary N) is 1. The van der Waals surface area contributed by atoms with E-state index in [4.69, 9.17) is 30.5 Å². The van der Waals surface area contributed by atoms with E-state index in [0.717, 1.165) is 103 Å². The highest BCUT2D eigenvalue weighted by Crippen LogP contribution is 2.55. The van der Waals surface area contributed by atoms with Gasteiger partial charge in [0.25, 0.3) is 0 Å². The molecule has 3 aliphatic rings. The molecule has 0 amide bonds. The van der Waals surface area contributed by atoms with Crippen LogP contribution in [0.3, 0.4) is 0 Å². The first kappa shape index (κ1) is 32.0. The first-order valence-electron chi connectivity index (χ1n) is 17.7. The van der Waals surface area contributed by atoms with Crippen molar-refractivity contribution in [1.82, 2.24) is 40.0 Å². The molecule has 49 heavy (non-hydrogen) atoms. The molecule has 0 bridgehead atoms. The Kier molecular flexibility index (Phi) is 7.79. The minimum Gasteiger partial charge on any atom is -0.389 e. The number of nitrogens with zero attached hydrogens (tertiary/aromatic N) is 9. The number of likely N-dealkylation sites (N-methyl/N-ethyl adjacent to an activating group) is 1. The number of aromatic nitrogens is 7. The van der Waals surface area contributed by atoms with E-state index in [9.17, 15) is 5.26 Å². The number of fused-ring (bicyclic) bond motifs is 5. The normalized spacial score (nSPS) is 21.9. The van der Waals surface area contributed by atoms with Gasteiger partial charge in [0.15, 0.2) is 22.9 Å². The van der Waals surface area contributed by atoms with Crippen molar-refractivity contribution < 1.29 is 4.52 Å². The fourth-order valence-corrected chi connectivity index (χ4v) is 10.6. The van der Waals surface area contributed by atoms with E-state index in [1.165, 1.54) is 16.9 Å². The van der Waals surface area contributed by atoms with E-state index >= 15 is 0 Å². The number of aryl methyl sites for hydroxylation is 3. The van der Waals surface area contributed by atoms with Gasteiger partial charge in [0, 0.05) is 34.3 Å². The number of anilines is 2. The van der Waals surface area contributed by atoms with Gasteiger partial charge in [0.1, 0.15) is 16.9 Å². The maximum absolute atomic E-state index is 10.2. The van der Waals surface area contributed by atoms with Crippen LogP contribution < -0.4 is 10.6 Å². The molecule has 3 N–H and O–H groups in total. The molecular formula is C36H45N11OS. The van der Waals surface area contributed by atoms with E-state index in [-0.39, 0.29) is 12.1 Å². The van der Waals surface area contributed by atoms with E-state index in [0.29, 0.717) is 28.1 Å². The summed E-state index contributed by atoms with van der Waals surface area (Å²) in [7, 11) is 2.20. The van der Waals surface area contributed by atoms with Crippen molar-refractivity contribution in [1.29, 1.82) is 5.26 Å². The van der Waals surface area contributed by atoms with Crippen LogP contribution >= 0.6 is 11.3 Å². The molecule has 13 heteroatoms. The number of thiophene rings is 1. The van der Waals surface area contributed by atoms with Gasteiger partial charge in [-0.25, -0.2) is 14.6 Å². The lowest BCUT2D eigenvalue weighted by Gasteiger charge is -2.39. The lowest BCUT2D eigenvalue weighted by atomic mass is 9.63. The molecule has 1 fully saturated rings. The second-order valence-corrected chi connectivity index (χ2v) is 15.5. The molecule has 4 atom stereocenters. The monoisotopic (exact) mass is 679 g/mol. The second-order valence-electron chi connectivity index (χ2n) is 14.3. The Hall–Kier alpha value is -4.28. The summed E-state index contributed by atoms with van der Waals surface area (Å²) in [6, 6.07) is 2.92. The van der Waals surface area contributed by atoms with Gasteiger partial charge in [0.05, 0.1) is 40.3 Å². The highest BCUT2D eigenvalue weighted by molar-refractivity contribution is 7.16. The second kappa shape index (κ2) is 11.9. The minimum absolute atomic E-state index is 0.0000409. The molecule has 5 aromatic heterocycles. The summed E-state index contributed by atoms with van der Waals surface area (Å²) in [5, 5.41) is 29.2. The van der Waals surface area contributed by atoms with Crippen molar-refractivity contribution in [3.8, 4) is 17.6 Å². The highest BCUT2D eigenvalue weighted by Gasteiger charge is 2.49. The molecule has 4 unspecified atom stereocenters. The van der Waals surface area contributed by atoms with Crippen LogP contribution in [0.15, 0.2) is 10.7 Å². The average Bonchev–Trinajstić information content (AvgIpc) is 3.92. The summed E-state index contributed by atoms with van der Waals surface area (Å²) < 4.78 is 8.50. The number of nitrogen functional groups attached to an aromatic ring is 1. The summed E-state index contributed by atoms with van der Waals surface area (Å²) >= 11 is 1.56. The lowest BCUT2D eigenvalue weighted by Crippen LogP contribution is -2.35. The standard InChI is InChI=1S/C36H45N11OS/c1-7-46(22(5)28-19(2)42-43-20(28)3)34-25-18-39-47(21(4)26-12-10-16-45(26)6)35(25)41-33(40-34)30-23-11-8-14-36(31(23)48-44-30)15-9-13-27-29(36)24(17-37)32(38)49-27/h18,21-22,26H,7-16,38H2,1-6H3,(H,42,43). The summed E-state index contributed by atoms with van der Waals surface area (Å²) in [5.74, 6) is 2.23. The summed E-state index contributed by atoms with van der Waals surface area (Å²) in [6.07, 6.45) is 9.77. The molecule has 2 aliphatic carbocycles.